The van der Waals surface area contributed by atoms with Gasteiger partial charge in [0.1, 0.15) is 0 Å². The molecule has 4 nitrogen and oxygen atoms in total. The van der Waals surface area contributed by atoms with Gasteiger partial charge in [-0.15, -0.1) is 0 Å². The molecular weight excluding hydrogens is 286 g/mol. The summed E-state index contributed by atoms with van der Waals surface area (Å²) in [7, 11) is 0. The Bertz CT molecular complexity index is 1020. The van der Waals surface area contributed by atoms with Gasteiger partial charge in [0.15, 0.2) is 0 Å². The zero-order valence-corrected chi connectivity index (χ0v) is 12.4. The number of hydrogen-bond acceptors (Lipinski definition) is 2. The zero-order chi connectivity index (χ0) is 15.8. The van der Waals surface area contributed by atoms with Gasteiger partial charge in [0.2, 0.25) is 5.91 Å². The van der Waals surface area contributed by atoms with E-state index in [2.05, 4.69) is 15.6 Å². The van der Waals surface area contributed by atoms with E-state index >= 15 is 0 Å². The highest BCUT2D eigenvalue weighted by Crippen LogP contribution is 2.31. The van der Waals surface area contributed by atoms with Crippen molar-refractivity contribution in [2.24, 2.45) is 5.73 Å². The van der Waals surface area contributed by atoms with Crippen LogP contribution in [0.4, 0.5) is 0 Å². The van der Waals surface area contributed by atoms with Crippen LogP contribution in [0, 0.1) is 6.07 Å². The first-order valence-electron chi connectivity index (χ1n) is 7.36. The summed E-state index contributed by atoms with van der Waals surface area (Å²) in [5.74, 6) is -0.421. The summed E-state index contributed by atoms with van der Waals surface area (Å²) < 4.78 is 2.18. The second-order valence-electron chi connectivity index (χ2n) is 5.44. The first-order valence-corrected chi connectivity index (χ1v) is 7.36. The van der Waals surface area contributed by atoms with Crippen molar-refractivity contribution in [2.45, 2.75) is 6.54 Å². The van der Waals surface area contributed by atoms with Gasteiger partial charge in [0.05, 0.1) is 11.0 Å². The van der Waals surface area contributed by atoms with Crippen LogP contribution in [-0.4, -0.2) is 15.5 Å². The van der Waals surface area contributed by atoms with Crippen molar-refractivity contribution in [1.82, 2.24) is 9.55 Å². The van der Waals surface area contributed by atoms with Gasteiger partial charge in [0, 0.05) is 35.3 Å². The average Bonchev–Trinajstić information content (AvgIpc) is 2.90. The maximum atomic E-state index is 11.8. The number of carbonyl (C=O) groups is 1. The number of benzene rings is 2. The number of amides is 1. The molecule has 0 aliphatic carbocycles. The van der Waals surface area contributed by atoms with E-state index in [1.807, 2.05) is 42.5 Å². The summed E-state index contributed by atoms with van der Waals surface area (Å²) in [6.07, 6.45) is 3.56. The van der Waals surface area contributed by atoms with Gasteiger partial charge in [-0.1, -0.05) is 18.2 Å². The van der Waals surface area contributed by atoms with E-state index in [0.717, 1.165) is 27.4 Å². The highest BCUT2D eigenvalue weighted by Gasteiger charge is 2.16. The Kier molecular flexibility index (Phi) is 3.08. The van der Waals surface area contributed by atoms with Crippen LogP contribution in [0.5, 0.6) is 0 Å². The minimum Gasteiger partial charge on any atom is -0.366 e. The molecule has 0 bridgehead atoms. The quantitative estimate of drug-likeness (QED) is 0.632. The van der Waals surface area contributed by atoms with Crippen molar-refractivity contribution in [1.29, 1.82) is 0 Å². The van der Waals surface area contributed by atoms with E-state index in [9.17, 15) is 4.79 Å². The van der Waals surface area contributed by atoms with Crippen molar-refractivity contribution in [2.75, 3.05) is 0 Å². The lowest BCUT2D eigenvalue weighted by molar-refractivity contribution is 0.100. The van der Waals surface area contributed by atoms with Gasteiger partial charge in [-0.05, 0) is 42.0 Å². The van der Waals surface area contributed by atoms with Crippen LogP contribution in [0.15, 0.2) is 60.9 Å². The Hall–Kier alpha value is -3.14. The van der Waals surface area contributed by atoms with Crippen LogP contribution < -0.4 is 5.73 Å². The third kappa shape index (κ3) is 2.16. The van der Waals surface area contributed by atoms with Gasteiger partial charge in [0.25, 0.3) is 0 Å². The molecule has 111 valence electrons. The van der Waals surface area contributed by atoms with Gasteiger partial charge >= 0.3 is 0 Å². The van der Waals surface area contributed by atoms with E-state index in [0.29, 0.717) is 12.1 Å². The molecule has 0 aliphatic rings. The highest BCUT2D eigenvalue weighted by atomic mass is 16.1. The Morgan fingerprint density at radius 3 is 2.65 bits per heavy atom. The number of fused-ring (bicyclic) bond motifs is 3. The molecular formula is C19H14N3O. The topological polar surface area (TPSA) is 60.9 Å². The van der Waals surface area contributed by atoms with Crippen molar-refractivity contribution in [3.8, 4) is 0 Å². The lowest BCUT2D eigenvalue weighted by Gasteiger charge is -2.07. The van der Waals surface area contributed by atoms with Crippen LogP contribution in [0.25, 0.3) is 21.8 Å². The lowest BCUT2D eigenvalue weighted by atomic mass is 10.1. The predicted octanol–water partition coefficient (Wildman–Crippen LogP) is 3.14. The number of carbonyl (C=O) groups excluding carboxylic acids is 1. The molecule has 0 spiro atoms. The standard InChI is InChI=1S/C19H14N3O/c20-19(23)15-5-3-7-17-18(15)14-4-1-2-6-16(14)22(17)12-13-8-10-21-11-9-13/h1-3,5-11H,12H2,(H2,20,23). The molecule has 0 aliphatic heterocycles. The van der Waals surface area contributed by atoms with Gasteiger partial charge in [-0.25, -0.2) is 0 Å². The molecule has 4 rings (SSSR count). The molecule has 0 unspecified atom stereocenters. The van der Waals surface area contributed by atoms with Crippen LogP contribution in [0.1, 0.15) is 15.9 Å². The first kappa shape index (κ1) is 13.5. The van der Waals surface area contributed by atoms with Crippen molar-refractivity contribution in [3.63, 3.8) is 0 Å². The summed E-state index contributed by atoms with van der Waals surface area (Å²) in [6, 6.07) is 18.7. The minimum absolute atomic E-state index is 0.421. The van der Waals surface area contributed by atoms with Crippen LogP contribution in [-0.2, 0) is 6.54 Å². The summed E-state index contributed by atoms with van der Waals surface area (Å²) in [4.78, 5) is 15.9. The fourth-order valence-corrected chi connectivity index (χ4v) is 3.06. The molecule has 2 heterocycles. The van der Waals surface area contributed by atoms with Crippen LogP contribution in [0.2, 0.25) is 0 Å². The number of nitrogens with zero attached hydrogens (tertiary/aromatic N) is 2. The molecule has 0 atom stereocenters. The second-order valence-corrected chi connectivity index (χ2v) is 5.44. The molecule has 4 aromatic rings. The fourth-order valence-electron chi connectivity index (χ4n) is 3.06. The Balaban J connectivity index is 2.06. The number of nitrogens with two attached hydrogens (primary N) is 1. The Morgan fingerprint density at radius 1 is 1.09 bits per heavy atom. The monoisotopic (exact) mass is 300 g/mol. The van der Waals surface area contributed by atoms with Crippen LogP contribution >= 0.6 is 0 Å². The first-order chi connectivity index (χ1) is 11.3. The minimum atomic E-state index is -0.421. The summed E-state index contributed by atoms with van der Waals surface area (Å²) >= 11 is 0. The number of pyridine rings is 1. The maximum absolute atomic E-state index is 11.8. The third-order valence-corrected chi connectivity index (χ3v) is 4.06. The van der Waals surface area contributed by atoms with Crippen molar-refractivity contribution < 1.29 is 4.79 Å². The Morgan fingerprint density at radius 2 is 1.87 bits per heavy atom. The van der Waals surface area contributed by atoms with Gasteiger partial charge in [-0.3, -0.25) is 9.78 Å². The molecule has 23 heavy (non-hydrogen) atoms. The molecule has 0 saturated heterocycles. The summed E-state index contributed by atoms with van der Waals surface area (Å²) in [5.41, 5.74) is 9.26. The molecule has 4 heteroatoms. The van der Waals surface area contributed by atoms with Crippen LogP contribution in [0.3, 0.4) is 0 Å². The lowest BCUT2D eigenvalue weighted by Crippen LogP contribution is -2.11. The van der Waals surface area contributed by atoms with Crippen molar-refractivity contribution in [3.05, 3.63) is 78.1 Å². The molecule has 2 N–H and O–H groups in total. The van der Waals surface area contributed by atoms with Gasteiger partial charge < -0.3 is 10.3 Å². The Labute approximate surface area is 133 Å². The normalized spacial score (nSPS) is 11.1. The van der Waals surface area contributed by atoms with Gasteiger partial charge in [-0.2, -0.15) is 0 Å². The van der Waals surface area contributed by atoms with E-state index in [1.54, 1.807) is 18.5 Å². The number of aromatic nitrogens is 2. The molecule has 0 fully saturated rings. The van der Waals surface area contributed by atoms with Crippen molar-refractivity contribution >= 4 is 27.7 Å². The molecule has 0 saturated carbocycles. The zero-order valence-electron chi connectivity index (χ0n) is 12.4. The van der Waals surface area contributed by atoms with E-state index in [1.165, 1.54) is 0 Å². The second kappa shape index (κ2) is 5.25. The number of primary amides is 1. The van der Waals surface area contributed by atoms with E-state index in [4.69, 9.17) is 5.73 Å². The molecule has 1 radical (unpaired) electrons. The highest BCUT2D eigenvalue weighted by molar-refractivity contribution is 6.17. The molecule has 2 aromatic carbocycles. The largest absolute Gasteiger partial charge is 0.366 e. The SMILES string of the molecule is NC(=O)c1cccc2c1c1[c]cccc1n2Cc1ccncc1. The average molecular weight is 300 g/mol. The number of rotatable bonds is 3. The predicted molar refractivity (Wildman–Crippen MR) is 90.1 cm³/mol. The fraction of sp³-hybridized carbons (Fsp3) is 0.0526. The van der Waals surface area contributed by atoms with E-state index < -0.39 is 5.91 Å². The molecule has 1 amide bonds. The molecule has 2 aromatic heterocycles. The van der Waals surface area contributed by atoms with E-state index in [-0.39, 0.29) is 0 Å². The summed E-state index contributed by atoms with van der Waals surface area (Å²) in [6.45, 7) is 0.697. The maximum Gasteiger partial charge on any atom is 0.249 e. The number of hydrogen-bond donors (Lipinski definition) is 1. The summed E-state index contributed by atoms with van der Waals surface area (Å²) in [5, 5.41) is 1.79. The smallest absolute Gasteiger partial charge is 0.249 e. The third-order valence-electron chi connectivity index (χ3n) is 4.06.